The molecule has 6 nitrogen and oxygen atoms in total. The number of rotatable bonds is 3. The average molecular weight is 272 g/mol. The number of carbonyl (C=O) groups is 2. The second kappa shape index (κ2) is 4.80. The first-order valence-electron chi connectivity index (χ1n) is 6.23. The van der Waals surface area contributed by atoms with E-state index in [0.29, 0.717) is 12.2 Å². The van der Waals surface area contributed by atoms with Gasteiger partial charge >= 0.3 is 5.97 Å². The van der Waals surface area contributed by atoms with Gasteiger partial charge in [0.25, 0.3) is 5.91 Å². The Kier molecular flexibility index (Phi) is 2.98. The lowest BCUT2D eigenvalue weighted by atomic mass is 9.89. The summed E-state index contributed by atoms with van der Waals surface area (Å²) in [5.74, 6) is -1.01. The number of aliphatic carboxylic acids is 1. The average Bonchev–Trinajstić information content (AvgIpc) is 2.89. The Bertz CT molecular complexity index is 690. The fourth-order valence-corrected chi connectivity index (χ4v) is 2.39. The maximum atomic E-state index is 11.9. The van der Waals surface area contributed by atoms with Crippen molar-refractivity contribution in [3.05, 3.63) is 41.1 Å². The molecule has 1 amide bonds. The number of fused-ring (bicyclic) bond motifs is 3. The zero-order chi connectivity index (χ0) is 14.1. The lowest BCUT2D eigenvalue weighted by Gasteiger charge is -2.14. The molecule has 0 saturated carbocycles. The Morgan fingerprint density at radius 1 is 1.30 bits per heavy atom. The lowest BCUT2D eigenvalue weighted by Crippen LogP contribution is -2.30. The van der Waals surface area contributed by atoms with Crippen molar-refractivity contribution in [2.75, 3.05) is 6.54 Å². The number of carboxylic acids is 1. The number of carbonyl (C=O) groups excluding carboxylic acids is 1. The van der Waals surface area contributed by atoms with Crippen LogP contribution in [-0.4, -0.2) is 28.7 Å². The molecule has 0 saturated heterocycles. The van der Waals surface area contributed by atoms with Crippen molar-refractivity contribution >= 4 is 11.9 Å². The Hall–Kier alpha value is -2.63. The number of carboxylic acid groups (broad SMARTS) is 1. The third-order valence-electron chi connectivity index (χ3n) is 3.31. The molecule has 20 heavy (non-hydrogen) atoms. The zero-order valence-electron chi connectivity index (χ0n) is 10.5. The number of hydrogen-bond donors (Lipinski definition) is 2. The molecule has 1 aromatic carbocycles. The molecule has 0 unspecified atom stereocenters. The number of amides is 1. The Morgan fingerprint density at radius 3 is 2.90 bits per heavy atom. The number of aryl methyl sites for hydroxylation is 1. The fourth-order valence-electron chi connectivity index (χ4n) is 2.39. The van der Waals surface area contributed by atoms with Crippen LogP contribution in [-0.2, 0) is 17.6 Å². The van der Waals surface area contributed by atoms with Gasteiger partial charge in [-0.15, -0.1) is 0 Å². The summed E-state index contributed by atoms with van der Waals surface area (Å²) in [6.07, 6.45) is 1.47. The second-order valence-electron chi connectivity index (χ2n) is 4.57. The number of hydrogen-bond acceptors (Lipinski definition) is 4. The monoisotopic (exact) mass is 272 g/mol. The first-order valence-corrected chi connectivity index (χ1v) is 6.23. The maximum Gasteiger partial charge on any atom is 0.322 e. The highest BCUT2D eigenvalue weighted by Crippen LogP contribution is 2.34. The van der Waals surface area contributed by atoms with Crippen molar-refractivity contribution in [1.29, 1.82) is 0 Å². The van der Waals surface area contributed by atoms with Gasteiger partial charge in [-0.1, -0.05) is 29.4 Å². The van der Waals surface area contributed by atoms with E-state index in [9.17, 15) is 9.59 Å². The summed E-state index contributed by atoms with van der Waals surface area (Å²) >= 11 is 0. The molecular formula is C14H12N2O4. The molecule has 6 heteroatoms. The molecule has 1 aromatic heterocycles. The van der Waals surface area contributed by atoms with Crippen LogP contribution < -0.4 is 5.32 Å². The van der Waals surface area contributed by atoms with Crippen LogP contribution in [0.1, 0.15) is 21.6 Å². The molecule has 3 rings (SSSR count). The second-order valence-corrected chi connectivity index (χ2v) is 4.57. The van der Waals surface area contributed by atoms with E-state index in [0.717, 1.165) is 23.1 Å². The maximum absolute atomic E-state index is 11.9. The molecule has 0 atom stereocenters. The van der Waals surface area contributed by atoms with Crippen LogP contribution in [0.25, 0.3) is 11.3 Å². The lowest BCUT2D eigenvalue weighted by molar-refractivity contribution is -0.135. The van der Waals surface area contributed by atoms with Crippen LogP contribution in [0.4, 0.5) is 0 Å². The van der Waals surface area contributed by atoms with Crippen LogP contribution in [0.2, 0.25) is 0 Å². The van der Waals surface area contributed by atoms with E-state index < -0.39 is 18.4 Å². The molecule has 0 fully saturated rings. The molecule has 0 radical (unpaired) electrons. The molecule has 2 N–H and O–H groups in total. The Balaban J connectivity index is 1.93. The minimum Gasteiger partial charge on any atom is -0.480 e. The largest absolute Gasteiger partial charge is 0.480 e. The van der Waals surface area contributed by atoms with Gasteiger partial charge < -0.3 is 14.9 Å². The number of benzene rings is 1. The van der Waals surface area contributed by atoms with Gasteiger partial charge in [-0.3, -0.25) is 9.59 Å². The standard InChI is InChI=1S/C14H12N2O4/c17-11(18)7-15-14(19)12-10-6-5-8-3-1-2-4-9(8)13(10)20-16-12/h1-4H,5-7H2,(H,15,19)(H,17,18). The van der Waals surface area contributed by atoms with E-state index in [-0.39, 0.29) is 5.69 Å². The van der Waals surface area contributed by atoms with E-state index in [1.165, 1.54) is 0 Å². The summed E-state index contributed by atoms with van der Waals surface area (Å²) in [5.41, 5.74) is 3.02. The summed E-state index contributed by atoms with van der Waals surface area (Å²) < 4.78 is 5.28. The van der Waals surface area contributed by atoms with Gasteiger partial charge in [-0.2, -0.15) is 0 Å². The summed E-state index contributed by atoms with van der Waals surface area (Å²) in [5, 5.41) is 14.7. The molecule has 2 aromatic rings. The predicted octanol–water partition coefficient (Wildman–Crippen LogP) is 1.25. The van der Waals surface area contributed by atoms with Gasteiger partial charge in [0.1, 0.15) is 6.54 Å². The highest BCUT2D eigenvalue weighted by Gasteiger charge is 2.27. The molecule has 0 aliphatic heterocycles. The number of aromatic nitrogens is 1. The third-order valence-corrected chi connectivity index (χ3v) is 3.31. The zero-order valence-corrected chi connectivity index (χ0v) is 10.5. The molecule has 0 bridgehead atoms. The van der Waals surface area contributed by atoms with Gasteiger partial charge in [0.15, 0.2) is 11.5 Å². The summed E-state index contributed by atoms with van der Waals surface area (Å²) in [6, 6.07) is 7.81. The van der Waals surface area contributed by atoms with E-state index >= 15 is 0 Å². The summed E-state index contributed by atoms with van der Waals surface area (Å²) in [4.78, 5) is 22.4. The fraction of sp³-hybridized carbons (Fsp3) is 0.214. The van der Waals surface area contributed by atoms with Crippen molar-refractivity contribution in [3.8, 4) is 11.3 Å². The van der Waals surface area contributed by atoms with Crippen molar-refractivity contribution in [3.63, 3.8) is 0 Å². The molecule has 1 heterocycles. The van der Waals surface area contributed by atoms with E-state index in [1.807, 2.05) is 24.3 Å². The van der Waals surface area contributed by atoms with Crippen molar-refractivity contribution in [2.24, 2.45) is 0 Å². The van der Waals surface area contributed by atoms with Gasteiger partial charge in [0.05, 0.1) is 0 Å². The predicted molar refractivity (Wildman–Crippen MR) is 69.3 cm³/mol. The quantitative estimate of drug-likeness (QED) is 0.877. The van der Waals surface area contributed by atoms with Gasteiger partial charge in [0.2, 0.25) is 0 Å². The molecule has 1 aliphatic carbocycles. The smallest absolute Gasteiger partial charge is 0.322 e. The minimum absolute atomic E-state index is 0.177. The molecular weight excluding hydrogens is 260 g/mol. The molecule has 102 valence electrons. The third kappa shape index (κ3) is 2.05. The molecule has 0 spiro atoms. The van der Waals surface area contributed by atoms with Gasteiger partial charge in [0, 0.05) is 11.1 Å². The number of nitrogens with zero attached hydrogens (tertiary/aromatic N) is 1. The van der Waals surface area contributed by atoms with Gasteiger partial charge in [-0.25, -0.2) is 0 Å². The van der Waals surface area contributed by atoms with Crippen LogP contribution in [0.3, 0.4) is 0 Å². The van der Waals surface area contributed by atoms with Crippen molar-refractivity contribution in [1.82, 2.24) is 10.5 Å². The Labute approximate surface area is 114 Å². The van der Waals surface area contributed by atoms with E-state index in [1.54, 1.807) is 0 Å². The summed E-state index contributed by atoms with van der Waals surface area (Å²) in [6.45, 7) is -0.433. The first-order chi connectivity index (χ1) is 9.66. The molecule has 1 aliphatic rings. The normalized spacial score (nSPS) is 12.4. The van der Waals surface area contributed by atoms with Crippen molar-refractivity contribution in [2.45, 2.75) is 12.8 Å². The topological polar surface area (TPSA) is 92.4 Å². The van der Waals surface area contributed by atoms with Crippen LogP contribution in [0.5, 0.6) is 0 Å². The van der Waals surface area contributed by atoms with Crippen LogP contribution in [0, 0.1) is 0 Å². The van der Waals surface area contributed by atoms with E-state index in [2.05, 4.69) is 10.5 Å². The minimum atomic E-state index is -1.10. The van der Waals surface area contributed by atoms with Crippen molar-refractivity contribution < 1.29 is 19.2 Å². The van der Waals surface area contributed by atoms with Gasteiger partial charge in [-0.05, 0) is 18.4 Å². The van der Waals surface area contributed by atoms with Crippen LogP contribution in [0.15, 0.2) is 28.8 Å². The first kappa shape index (κ1) is 12.4. The summed E-state index contributed by atoms with van der Waals surface area (Å²) in [7, 11) is 0. The SMILES string of the molecule is O=C(O)CNC(=O)c1noc2c1CCc1ccccc1-2. The van der Waals surface area contributed by atoms with E-state index in [4.69, 9.17) is 9.63 Å². The number of nitrogens with one attached hydrogen (secondary N) is 1. The highest BCUT2D eigenvalue weighted by atomic mass is 16.5. The highest BCUT2D eigenvalue weighted by molar-refractivity contribution is 5.96. The van der Waals surface area contributed by atoms with Crippen LogP contribution >= 0.6 is 0 Å². The Morgan fingerprint density at radius 2 is 2.10 bits per heavy atom.